The Morgan fingerprint density at radius 2 is 2.14 bits per heavy atom. The Morgan fingerprint density at radius 1 is 1.32 bits per heavy atom. The molecule has 1 aliphatic heterocycles. The van der Waals surface area contributed by atoms with Crippen molar-refractivity contribution >= 4 is 22.6 Å². The highest BCUT2D eigenvalue weighted by molar-refractivity contribution is 5.94. The minimum Gasteiger partial charge on any atom is -0.311 e. The maximum atomic E-state index is 12.1. The zero-order valence-corrected chi connectivity index (χ0v) is 12.5. The Kier molecular flexibility index (Phi) is 2.76. The molecule has 3 aromatic rings. The number of anilines is 1. The summed E-state index contributed by atoms with van der Waals surface area (Å²) in [4.78, 5) is 16.6. The lowest BCUT2D eigenvalue weighted by Crippen LogP contribution is -2.24. The monoisotopic (exact) mass is 292 g/mol. The van der Waals surface area contributed by atoms with Crippen LogP contribution in [0.15, 0.2) is 36.5 Å². The number of carbonyl (C=O) groups is 1. The highest BCUT2D eigenvalue weighted by Crippen LogP contribution is 2.39. The molecular formula is C17H16N4O. The molecule has 22 heavy (non-hydrogen) atoms. The number of aryl methyl sites for hydroxylation is 2. The van der Waals surface area contributed by atoms with Crippen LogP contribution in [-0.2, 0) is 11.8 Å². The summed E-state index contributed by atoms with van der Waals surface area (Å²) in [5.74, 6) is 0.829. The van der Waals surface area contributed by atoms with E-state index in [-0.39, 0.29) is 11.8 Å². The van der Waals surface area contributed by atoms with Crippen molar-refractivity contribution in [2.45, 2.75) is 19.3 Å². The predicted octanol–water partition coefficient (Wildman–Crippen LogP) is 2.75. The van der Waals surface area contributed by atoms with Gasteiger partial charge in [-0.1, -0.05) is 18.2 Å². The average Bonchev–Trinajstić information content (AvgIpc) is 2.80. The Balaban J connectivity index is 1.89. The fraction of sp³-hybridized carbons (Fsp3) is 0.235. The van der Waals surface area contributed by atoms with Crippen LogP contribution in [0.25, 0.3) is 10.9 Å². The van der Waals surface area contributed by atoms with E-state index in [0.717, 1.165) is 33.5 Å². The normalized spacial score (nSPS) is 17.4. The van der Waals surface area contributed by atoms with E-state index in [0.29, 0.717) is 6.42 Å². The topological polar surface area (TPSA) is 59.8 Å². The van der Waals surface area contributed by atoms with Gasteiger partial charge in [0.25, 0.3) is 0 Å². The Bertz CT molecular complexity index is 897. The molecule has 0 spiro atoms. The number of carbonyl (C=O) groups excluding carboxylic acids is 1. The van der Waals surface area contributed by atoms with Crippen molar-refractivity contribution in [3.63, 3.8) is 0 Å². The molecule has 0 saturated carbocycles. The van der Waals surface area contributed by atoms with Crippen molar-refractivity contribution in [1.82, 2.24) is 14.8 Å². The number of nitrogens with one attached hydrogen (secondary N) is 1. The van der Waals surface area contributed by atoms with Crippen molar-refractivity contribution in [3.05, 3.63) is 53.3 Å². The second kappa shape index (κ2) is 4.66. The number of benzene rings is 1. The van der Waals surface area contributed by atoms with Crippen LogP contribution < -0.4 is 5.32 Å². The maximum Gasteiger partial charge on any atom is 0.226 e. The van der Waals surface area contributed by atoms with Crippen LogP contribution in [0.5, 0.6) is 0 Å². The zero-order chi connectivity index (χ0) is 15.3. The van der Waals surface area contributed by atoms with E-state index in [9.17, 15) is 4.79 Å². The molecule has 5 heteroatoms. The van der Waals surface area contributed by atoms with Crippen LogP contribution in [0, 0.1) is 6.92 Å². The number of rotatable bonds is 1. The molecule has 1 unspecified atom stereocenters. The second-order valence-corrected chi connectivity index (χ2v) is 5.74. The van der Waals surface area contributed by atoms with Crippen LogP contribution in [-0.4, -0.2) is 20.7 Å². The number of pyridine rings is 1. The zero-order valence-electron chi connectivity index (χ0n) is 12.5. The first-order chi connectivity index (χ1) is 10.6. The van der Waals surface area contributed by atoms with Crippen molar-refractivity contribution in [2.24, 2.45) is 7.05 Å². The quantitative estimate of drug-likeness (QED) is 0.750. The number of nitrogens with zero attached hydrogens (tertiary/aromatic N) is 3. The molecule has 0 radical (unpaired) electrons. The lowest BCUT2D eigenvalue weighted by molar-refractivity contribution is -0.116. The minimum absolute atomic E-state index is 0.00885. The lowest BCUT2D eigenvalue weighted by atomic mass is 9.86. The summed E-state index contributed by atoms with van der Waals surface area (Å²) in [5, 5.41) is 8.47. The summed E-state index contributed by atoms with van der Waals surface area (Å²) in [5.41, 5.74) is 4.08. The molecule has 1 aromatic carbocycles. The molecule has 0 aliphatic carbocycles. The molecule has 5 nitrogen and oxygen atoms in total. The number of hydrogen-bond donors (Lipinski definition) is 1. The Hall–Kier alpha value is -2.69. The molecule has 110 valence electrons. The summed E-state index contributed by atoms with van der Waals surface area (Å²) < 4.78 is 1.74. The first kappa shape index (κ1) is 13.0. The third-order valence-electron chi connectivity index (χ3n) is 4.28. The fourth-order valence-electron chi connectivity index (χ4n) is 3.27. The van der Waals surface area contributed by atoms with E-state index in [1.54, 1.807) is 4.68 Å². The predicted molar refractivity (Wildman–Crippen MR) is 84.8 cm³/mol. The molecule has 2 aromatic heterocycles. The van der Waals surface area contributed by atoms with Crippen molar-refractivity contribution in [2.75, 3.05) is 5.32 Å². The van der Waals surface area contributed by atoms with Gasteiger partial charge in [0.1, 0.15) is 5.82 Å². The van der Waals surface area contributed by atoms with Gasteiger partial charge in [-0.05, 0) is 24.6 Å². The first-order valence-electron chi connectivity index (χ1n) is 7.31. The summed E-state index contributed by atoms with van der Waals surface area (Å²) in [6.07, 6.45) is 2.31. The Morgan fingerprint density at radius 3 is 3.00 bits per heavy atom. The summed E-state index contributed by atoms with van der Waals surface area (Å²) >= 11 is 0. The third-order valence-corrected chi connectivity index (χ3v) is 4.28. The van der Waals surface area contributed by atoms with E-state index in [1.807, 2.05) is 44.4 Å². The van der Waals surface area contributed by atoms with Gasteiger partial charge < -0.3 is 5.32 Å². The molecule has 0 saturated heterocycles. The van der Waals surface area contributed by atoms with Crippen LogP contribution in [0.4, 0.5) is 5.82 Å². The molecule has 1 aliphatic rings. The van der Waals surface area contributed by atoms with E-state index in [1.165, 1.54) is 0 Å². The van der Waals surface area contributed by atoms with Crippen LogP contribution in [0.2, 0.25) is 0 Å². The van der Waals surface area contributed by atoms with Gasteiger partial charge in [-0.25, -0.2) is 0 Å². The van der Waals surface area contributed by atoms with Gasteiger partial charge in [0, 0.05) is 36.5 Å². The van der Waals surface area contributed by atoms with Crippen LogP contribution >= 0.6 is 0 Å². The number of amides is 1. The van der Waals surface area contributed by atoms with E-state index in [4.69, 9.17) is 0 Å². The van der Waals surface area contributed by atoms with Gasteiger partial charge in [-0.15, -0.1) is 0 Å². The molecule has 1 N–H and O–H groups in total. The molecule has 3 heterocycles. The summed E-state index contributed by atoms with van der Waals surface area (Å²) in [7, 11) is 1.85. The van der Waals surface area contributed by atoms with Crippen molar-refractivity contribution < 1.29 is 4.79 Å². The number of fused-ring (bicyclic) bond motifs is 2. The van der Waals surface area contributed by atoms with Gasteiger partial charge in [0.2, 0.25) is 5.91 Å². The second-order valence-electron chi connectivity index (χ2n) is 5.74. The van der Waals surface area contributed by atoms with E-state index in [2.05, 4.69) is 21.5 Å². The number of aromatic nitrogens is 3. The van der Waals surface area contributed by atoms with E-state index >= 15 is 0 Å². The number of para-hydroxylation sites is 1. The minimum atomic E-state index is 0.00885. The van der Waals surface area contributed by atoms with Crippen molar-refractivity contribution in [1.29, 1.82) is 0 Å². The summed E-state index contributed by atoms with van der Waals surface area (Å²) in [6.45, 7) is 1.98. The van der Waals surface area contributed by atoms with Crippen LogP contribution in [0.1, 0.15) is 29.2 Å². The SMILES string of the molecule is Cc1nn(C)c2c1C(c1cnc3ccccc3c1)CC(=O)N2. The smallest absolute Gasteiger partial charge is 0.226 e. The molecule has 0 bridgehead atoms. The highest BCUT2D eigenvalue weighted by Gasteiger charge is 2.31. The third kappa shape index (κ3) is 1.89. The largest absolute Gasteiger partial charge is 0.311 e. The van der Waals surface area contributed by atoms with E-state index < -0.39 is 0 Å². The van der Waals surface area contributed by atoms with Gasteiger partial charge >= 0.3 is 0 Å². The highest BCUT2D eigenvalue weighted by atomic mass is 16.1. The molecule has 1 atom stereocenters. The lowest BCUT2D eigenvalue weighted by Gasteiger charge is -2.24. The van der Waals surface area contributed by atoms with Crippen LogP contribution in [0.3, 0.4) is 0 Å². The average molecular weight is 292 g/mol. The molecular weight excluding hydrogens is 276 g/mol. The van der Waals surface area contributed by atoms with Gasteiger partial charge in [0.15, 0.2) is 0 Å². The molecule has 4 rings (SSSR count). The molecule has 1 amide bonds. The van der Waals surface area contributed by atoms with Gasteiger partial charge in [-0.2, -0.15) is 5.10 Å². The standard InChI is InChI=1S/C17H16N4O/c1-10-16-13(8-15(22)19-17(16)21(2)20-10)12-7-11-5-3-4-6-14(11)18-9-12/h3-7,9,13H,8H2,1-2H3,(H,19,22). The molecule has 0 fully saturated rings. The Labute approximate surface area is 128 Å². The number of hydrogen-bond acceptors (Lipinski definition) is 3. The maximum absolute atomic E-state index is 12.1. The van der Waals surface area contributed by atoms with Gasteiger partial charge in [0.05, 0.1) is 11.2 Å². The fourth-order valence-corrected chi connectivity index (χ4v) is 3.27. The summed E-state index contributed by atoms with van der Waals surface area (Å²) in [6, 6.07) is 10.1. The van der Waals surface area contributed by atoms with Crippen molar-refractivity contribution in [3.8, 4) is 0 Å². The van der Waals surface area contributed by atoms with Gasteiger partial charge in [-0.3, -0.25) is 14.5 Å². The first-order valence-corrected chi connectivity index (χ1v) is 7.31.